The number of carboxylic acids is 1. The predicted molar refractivity (Wildman–Crippen MR) is 106 cm³/mol. The van der Waals surface area contributed by atoms with Crippen LogP contribution in [0.4, 0.5) is 11.7 Å². The standard InChI is InChI=1S/C21H17N3O5/c1-2-27-18-6-4-3-5-15(18)23-21-24-16-8-7-13(12-19(16)29-21)28-14-9-10-22-17(11-14)20(25)26/h3-12H,2H2,1H3,(H,23,24)(H,25,26). The van der Waals surface area contributed by atoms with Gasteiger partial charge in [0.25, 0.3) is 6.01 Å². The maximum Gasteiger partial charge on any atom is 0.354 e. The first-order valence-electron chi connectivity index (χ1n) is 8.89. The Labute approximate surface area is 165 Å². The molecule has 4 rings (SSSR count). The maximum absolute atomic E-state index is 11.0. The molecule has 2 aromatic heterocycles. The summed E-state index contributed by atoms with van der Waals surface area (Å²) in [5.41, 5.74) is 1.82. The molecular formula is C21H17N3O5. The van der Waals surface area contributed by atoms with Gasteiger partial charge in [0.2, 0.25) is 0 Å². The van der Waals surface area contributed by atoms with Crippen molar-refractivity contribution in [3.05, 3.63) is 66.5 Å². The van der Waals surface area contributed by atoms with E-state index in [4.69, 9.17) is 19.0 Å². The van der Waals surface area contributed by atoms with Crippen molar-refractivity contribution in [1.29, 1.82) is 0 Å². The van der Waals surface area contributed by atoms with E-state index in [1.54, 1.807) is 24.3 Å². The van der Waals surface area contributed by atoms with Crippen LogP contribution in [0.15, 0.2) is 65.2 Å². The zero-order chi connectivity index (χ0) is 20.2. The third-order valence-electron chi connectivity index (χ3n) is 3.97. The highest BCUT2D eigenvalue weighted by Crippen LogP contribution is 2.31. The van der Waals surface area contributed by atoms with Gasteiger partial charge in [-0.1, -0.05) is 12.1 Å². The maximum atomic E-state index is 11.0. The van der Waals surface area contributed by atoms with E-state index >= 15 is 0 Å². The van der Waals surface area contributed by atoms with Crippen molar-refractivity contribution in [2.45, 2.75) is 6.92 Å². The van der Waals surface area contributed by atoms with Crippen LogP contribution in [-0.2, 0) is 0 Å². The lowest BCUT2D eigenvalue weighted by atomic mass is 10.3. The number of ether oxygens (including phenoxy) is 2. The van der Waals surface area contributed by atoms with Crippen LogP contribution < -0.4 is 14.8 Å². The summed E-state index contributed by atoms with van der Waals surface area (Å²) in [6.07, 6.45) is 1.38. The lowest BCUT2D eigenvalue weighted by Crippen LogP contribution is -1.99. The van der Waals surface area contributed by atoms with E-state index in [9.17, 15) is 4.79 Å². The molecule has 29 heavy (non-hydrogen) atoms. The summed E-state index contributed by atoms with van der Waals surface area (Å²) in [5, 5.41) is 12.2. The Hall–Kier alpha value is -4.07. The molecule has 2 heterocycles. The zero-order valence-corrected chi connectivity index (χ0v) is 15.5. The highest BCUT2D eigenvalue weighted by atomic mass is 16.5. The monoisotopic (exact) mass is 391 g/mol. The Bertz CT molecular complexity index is 1170. The number of rotatable bonds is 7. The molecular weight excluding hydrogens is 374 g/mol. The van der Waals surface area contributed by atoms with Crippen molar-refractivity contribution in [3.63, 3.8) is 0 Å². The van der Waals surface area contributed by atoms with Crippen molar-refractivity contribution >= 4 is 28.8 Å². The van der Waals surface area contributed by atoms with Crippen molar-refractivity contribution in [2.75, 3.05) is 11.9 Å². The molecule has 4 aromatic rings. The Morgan fingerprint density at radius 1 is 1.14 bits per heavy atom. The lowest BCUT2D eigenvalue weighted by Gasteiger charge is -2.09. The van der Waals surface area contributed by atoms with Crippen LogP contribution in [0.2, 0.25) is 0 Å². The SMILES string of the molecule is CCOc1ccccc1Nc1nc2ccc(Oc3ccnc(C(=O)O)c3)cc2o1. The number of para-hydroxylation sites is 2. The molecule has 146 valence electrons. The van der Waals surface area contributed by atoms with E-state index in [0.29, 0.717) is 41.0 Å². The molecule has 2 N–H and O–H groups in total. The van der Waals surface area contributed by atoms with E-state index < -0.39 is 5.97 Å². The molecule has 0 saturated carbocycles. The molecule has 0 unspecified atom stereocenters. The summed E-state index contributed by atoms with van der Waals surface area (Å²) in [5.74, 6) is 0.426. The fourth-order valence-corrected chi connectivity index (χ4v) is 2.72. The van der Waals surface area contributed by atoms with Crippen LogP contribution in [0.25, 0.3) is 11.1 Å². The molecule has 8 nitrogen and oxygen atoms in total. The number of carboxylic acid groups (broad SMARTS) is 1. The van der Waals surface area contributed by atoms with E-state index in [0.717, 1.165) is 5.69 Å². The summed E-state index contributed by atoms with van der Waals surface area (Å²) < 4.78 is 17.1. The molecule has 0 amide bonds. The van der Waals surface area contributed by atoms with Crippen molar-refractivity contribution in [1.82, 2.24) is 9.97 Å². The number of pyridine rings is 1. The van der Waals surface area contributed by atoms with Crippen LogP contribution >= 0.6 is 0 Å². The van der Waals surface area contributed by atoms with Gasteiger partial charge in [-0.25, -0.2) is 9.78 Å². The summed E-state index contributed by atoms with van der Waals surface area (Å²) in [4.78, 5) is 19.2. The number of aromatic nitrogens is 2. The minimum absolute atomic E-state index is 0.0947. The van der Waals surface area contributed by atoms with Gasteiger partial charge in [0.1, 0.15) is 22.8 Å². The fourth-order valence-electron chi connectivity index (χ4n) is 2.72. The number of benzene rings is 2. The number of fused-ring (bicyclic) bond motifs is 1. The number of oxazole rings is 1. The van der Waals surface area contributed by atoms with Crippen LogP contribution in [0.5, 0.6) is 17.2 Å². The topological polar surface area (TPSA) is 107 Å². The van der Waals surface area contributed by atoms with Gasteiger partial charge in [-0.05, 0) is 37.3 Å². The van der Waals surface area contributed by atoms with Gasteiger partial charge < -0.3 is 24.3 Å². The molecule has 8 heteroatoms. The molecule has 0 radical (unpaired) electrons. The largest absolute Gasteiger partial charge is 0.492 e. The third kappa shape index (κ3) is 4.11. The first-order valence-corrected chi connectivity index (χ1v) is 8.89. The average Bonchev–Trinajstić information content (AvgIpc) is 3.11. The van der Waals surface area contributed by atoms with Gasteiger partial charge in [0, 0.05) is 18.3 Å². The van der Waals surface area contributed by atoms with Gasteiger partial charge in [-0.2, -0.15) is 4.98 Å². The molecule has 0 atom stereocenters. The molecule has 0 spiro atoms. The fraction of sp³-hybridized carbons (Fsp3) is 0.0952. The van der Waals surface area contributed by atoms with Crippen LogP contribution in [0.1, 0.15) is 17.4 Å². The number of anilines is 2. The Balaban J connectivity index is 1.57. The third-order valence-corrected chi connectivity index (χ3v) is 3.97. The summed E-state index contributed by atoms with van der Waals surface area (Å²) in [6, 6.07) is 15.9. The average molecular weight is 391 g/mol. The predicted octanol–water partition coefficient (Wildman–Crippen LogP) is 4.86. The quantitative estimate of drug-likeness (QED) is 0.460. The molecule has 2 aromatic carbocycles. The highest BCUT2D eigenvalue weighted by molar-refractivity contribution is 5.85. The van der Waals surface area contributed by atoms with Crippen molar-refractivity contribution in [2.24, 2.45) is 0 Å². The van der Waals surface area contributed by atoms with Crippen LogP contribution in [0.3, 0.4) is 0 Å². The Kier molecular flexibility index (Phi) is 4.98. The van der Waals surface area contributed by atoms with E-state index in [-0.39, 0.29) is 5.69 Å². The molecule has 0 saturated heterocycles. The van der Waals surface area contributed by atoms with Gasteiger partial charge in [-0.3, -0.25) is 0 Å². The lowest BCUT2D eigenvalue weighted by molar-refractivity contribution is 0.0690. The first-order chi connectivity index (χ1) is 14.1. The Morgan fingerprint density at radius 3 is 2.79 bits per heavy atom. The smallest absolute Gasteiger partial charge is 0.354 e. The highest BCUT2D eigenvalue weighted by Gasteiger charge is 2.11. The molecule has 0 fully saturated rings. The van der Waals surface area contributed by atoms with Crippen molar-refractivity contribution in [3.8, 4) is 17.2 Å². The second kappa shape index (κ2) is 7.89. The van der Waals surface area contributed by atoms with E-state index in [2.05, 4.69) is 15.3 Å². The number of nitrogens with zero attached hydrogens (tertiary/aromatic N) is 2. The Morgan fingerprint density at radius 2 is 1.97 bits per heavy atom. The first kappa shape index (κ1) is 18.3. The summed E-state index contributed by atoms with van der Waals surface area (Å²) in [7, 11) is 0. The zero-order valence-electron chi connectivity index (χ0n) is 15.5. The summed E-state index contributed by atoms with van der Waals surface area (Å²) in [6.45, 7) is 2.46. The number of hydrogen-bond donors (Lipinski definition) is 2. The van der Waals surface area contributed by atoms with E-state index in [1.807, 2.05) is 31.2 Å². The normalized spacial score (nSPS) is 10.7. The second-order valence-electron chi connectivity index (χ2n) is 5.99. The van der Waals surface area contributed by atoms with Crippen LogP contribution in [0, 0.1) is 0 Å². The number of carbonyl (C=O) groups is 1. The van der Waals surface area contributed by atoms with Crippen LogP contribution in [-0.4, -0.2) is 27.7 Å². The molecule has 0 aliphatic rings. The molecule has 0 bridgehead atoms. The van der Waals surface area contributed by atoms with Gasteiger partial charge in [-0.15, -0.1) is 0 Å². The molecule has 0 aliphatic carbocycles. The van der Waals surface area contributed by atoms with Crippen molar-refractivity contribution < 1.29 is 23.8 Å². The van der Waals surface area contributed by atoms with Gasteiger partial charge in [0.15, 0.2) is 11.3 Å². The number of nitrogens with one attached hydrogen (secondary N) is 1. The molecule has 0 aliphatic heterocycles. The van der Waals surface area contributed by atoms with Gasteiger partial charge in [0.05, 0.1) is 12.3 Å². The number of aromatic carboxylic acids is 1. The van der Waals surface area contributed by atoms with E-state index in [1.165, 1.54) is 12.3 Å². The number of hydrogen-bond acceptors (Lipinski definition) is 7. The second-order valence-corrected chi connectivity index (χ2v) is 5.99. The van der Waals surface area contributed by atoms with Gasteiger partial charge >= 0.3 is 5.97 Å². The minimum Gasteiger partial charge on any atom is -0.492 e. The summed E-state index contributed by atoms with van der Waals surface area (Å²) >= 11 is 0. The minimum atomic E-state index is -1.12.